The smallest absolute Gasteiger partial charge is 0.349 e. The zero-order valence-corrected chi connectivity index (χ0v) is 21.3. The molecule has 0 bridgehead atoms. The summed E-state index contributed by atoms with van der Waals surface area (Å²) in [6, 6.07) is 15.5. The van der Waals surface area contributed by atoms with Crippen molar-refractivity contribution in [3.05, 3.63) is 119 Å². The van der Waals surface area contributed by atoms with Gasteiger partial charge in [0.25, 0.3) is 5.56 Å². The molecule has 0 saturated heterocycles. The lowest BCUT2D eigenvalue weighted by Crippen LogP contribution is -2.30. The number of nitrogen functional groups attached to an aromatic ring is 1. The third kappa shape index (κ3) is 4.76. The first-order valence-electron chi connectivity index (χ1n) is 10.8. The van der Waals surface area contributed by atoms with Crippen molar-refractivity contribution in [2.24, 2.45) is 0 Å². The summed E-state index contributed by atoms with van der Waals surface area (Å²) < 4.78 is 7.11. The number of nitrogens with zero attached hydrogens (tertiary/aromatic N) is 4. The van der Waals surface area contributed by atoms with E-state index >= 15 is 0 Å². The van der Waals surface area contributed by atoms with Crippen molar-refractivity contribution in [2.45, 2.75) is 12.8 Å². The Morgan fingerprint density at radius 2 is 1.70 bits per heavy atom. The molecule has 5 rings (SSSR count). The van der Waals surface area contributed by atoms with Crippen molar-refractivity contribution in [1.29, 1.82) is 0 Å². The maximum atomic E-state index is 12.2. The van der Waals surface area contributed by atoms with Crippen LogP contribution in [0.25, 0.3) is 17.1 Å². The van der Waals surface area contributed by atoms with Crippen LogP contribution in [0.2, 0.25) is 15.1 Å². The topological polar surface area (TPSA) is 133 Å². The Hall–Kier alpha value is -3.92. The second-order valence-corrected chi connectivity index (χ2v) is 9.37. The minimum absolute atomic E-state index is 0.210. The largest absolute Gasteiger partial charge is 0.420 e. The molecule has 2 heterocycles. The second kappa shape index (κ2) is 9.85. The van der Waals surface area contributed by atoms with Gasteiger partial charge in [0.15, 0.2) is 0 Å². The van der Waals surface area contributed by atoms with Gasteiger partial charge in [-0.05, 0) is 54.4 Å². The van der Waals surface area contributed by atoms with Crippen molar-refractivity contribution in [3.63, 3.8) is 0 Å². The highest BCUT2D eigenvalue weighted by molar-refractivity contribution is 6.36. The third-order valence-electron chi connectivity index (χ3n) is 5.81. The Morgan fingerprint density at radius 1 is 1.00 bits per heavy atom. The van der Waals surface area contributed by atoms with Crippen LogP contribution in [0.3, 0.4) is 0 Å². The fraction of sp³-hybridized carbons (Fsp3) is 0.0800. The van der Waals surface area contributed by atoms with E-state index in [2.05, 4.69) is 20.3 Å². The Kier molecular flexibility index (Phi) is 6.59. The summed E-state index contributed by atoms with van der Waals surface area (Å²) in [5.41, 5.74) is 8.26. The van der Waals surface area contributed by atoms with Gasteiger partial charge in [-0.15, -0.1) is 10.2 Å². The van der Waals surface area contributed by atoms with Crippen molar-refractivity contribution in [3.8, 4) is 17.1 Å². The van der Waals surface area contributed by atoms with Gasteiger partial charge in [-0.3, -0.25) is 9.78 Å². The van der Waals surface area contributed by atoms with E-state index in [-0.39, 0.29) is 27.5 Å². The quantitative estimate of drug-likeness (QED) is 0.292. The Balaban J connectivity index is 1.67. The van der Waals surface area contributed by atoms with Crippen molar-refractivity contribution < 1.29 is 4.42 Å². The standard InChI is InChI=1S/C25H17Cl3N6O3/c1-12-16(3-2-4-19(12)29)23-32-33-24(37-23)21(13-5-7-14(26)8-6-13)22-17(27)9-15(10-18(22)28)34-25(36)31-20(35)11-30-34/h2-11,21H,29H2,1H3,(H,31,35,36). The van der Waals surface area contributed by atoms with Crippen molar-refractivity contribution in [1.82, 2.24) is 25.0 Å². The van der Waals surface area contributed by atoms with E-state index in [9.17, 15) is 9.59 Å². The van der Waals surface area contributed by atoms with Crippen LogP contribution in [0, 0.1) is 6.92 Å². The molecule has 0 amide bonds. The van der Waals surface area contributed by atoms with Crippen LogP contribution in [0.4, 0.5) is 5.69 Å². The summed E-state index contributed by atoms with van der Waals surface area (Å²) in [5, 5.41) is 13.4. The number of rotatable bonds is 5. The number of hydrogen-bond donors (Lipinski definition) is 2. The lowest BCUT2D eigenvalue weighted by molar-refractivity contribution is 0.499. The molecule has 0 aliphatic rings. The number of H-pyrrole nitrogens is 1. The molecule has 5 aromatic rings. The molecule has 1 atom stereocenters. The SMILES string of the molecule is Cc1c(N)cccc1-c1nnc(C(c2ccc(Cl)cc2)c2c(Cl)cc(-n3ncc(=O)[nH]c3=O)cc2Cl)o1. The maximum absolute atomic E-state index is 12.2. The monoisotopic (exact) mass is 554 g/mol. The zero-order valence-electron chi connectivity index (χ0n) is 19.1. The van der Waals surface area contributed by atoms with E-state index in [1.807, 2.05) is 13.0 Å². The normalized spacial score (nSPS) is 12.0. The summed E-state index contributed by atoms with van der Waals surface area (Å²) in [7, 11) is 0. The molecule has 0 radical (unpaired) electrons. The second-order valence-electron chi connectivity index (χ2n) is 8.12. The van der Waals surface area contributed by atoms with E-state index in [0.29, 0.717) is 21.8 Å². The molecule has 3 aromatic carbocycles. The summed E-state index contributed by atoms with van der Waals surface area (Å²) in [4.78, 5) is 25.8. The minimum atomic E-state index is -0.735. The lowest BCUT2D eigenvalue weighted by atomic mass is 9.90. The van der Waals surface area contributed by atoms with E-state index in [1.54, 1.807) is 36.4 Å². The average molecular weight is 556 g/mol. The van der Waals surface area contributed by atoms with Crippen LogP contribution in [-0.2, 0) is 0 Å². The van der Waals surface area contributed by atoms with Gasteiger partial charge in [0.2, 0.25) is 11.8 Å². The number of anilines is 1. The Bertz CT molecular complexity index is 1720. The molecule has 0 aliphatic carbocycles. The highest BCUT2D eigenvalue weighted by Crippen LogP contribution is 2.42. The van der Waals surface area contributed by atoms with Crippen LogP contribution < -0.4 is 17.0 Å². The van der Waals surface area contributed by atoms with E-state index < -0.39 is 17.2 Å². The van der Waals surface area contributed by atoms with E-state index in [1.165, 1.54) is 12.1 Å². The molecule has 9 nitrogen and oxygen atoms in total. The fourth-order valence-corrected chi connectivity index (χ4v) is 4.76. The first-order valence-corrected chi connectivity index (χ1v) is 12.0. The molecule has 12 heteroatoms. The van der Waals surface area contributed by atoms with Crippen LogP contribution in [0.5, 0.6) is 0 Å². The number of nitrogens with one attached hydrogen (secondary N) is 1. The number of benzene rings is 3. The fourth-order valence-electron chi connectivity index (χ4n) is 3.94. The van der Waals surface area contributed by atoms with E-state index in [4.69, 9.17) is 45.0 Å². The third-order valence-corrected chi connectivity index (χ3v) is 6.68. The van der Waals surface area contributed by atoms with Gasteiger partial charge < -0.3 is 10.2 Å². The maximum Gasteiger partial charge on any atom is 0.349 e. The predicted octanol–water partition coefficient (Wildman–Crippen LogP) is 5.00. The molecule has 1 unspecified atom stereocenters. The first kappa shape index (κ1) is 24.8. The Labute approximate surface area is 224 Å². The molecule has 0 fully saturated rings. The molecule has 2 aromatic heterocycles. The first-order chi connectivity index (χ1) is 17.7. The lowest BCUT2D eigenvalue weighted by Gasteiger charge is -2.18. The van der Waals surface area contributed by atoms with Gasteiger partial charge in [-0.2, -0.15) is 9.78 Å². The van der Waals surface area contributed by atoms with Crippen molar-refractivity contribution >= 4 is 40.5 Å². The predicted molar refractivity (Wildman–Crippen MR) is 142 cm³/mol. The van der Waals surface area contributed by atoms with E-state index in [0.717, 1.165) is 22.0 Å². The zero-order chi connectivity index (χ0) is 26.3. The molecule has 0 spiro atoms. The minimum Gasteiger partial charge on any atom is -0.420 e. The van der Waals surface area contributed by atoms with Gasteiger partial charge in [-0.25, -0.2) is 4.79 Å². The molecule has 3 N–H and O–H groups in total. The number of aromatic amines is 1. The van der Waals surface area contributed by atoms with Crippen LogP contribution in [-0.4, -0.2) is 25.0 Å². The number of halogens is 3. The summed E-state index contributed by atoms with van der Waals surface area (Å²) in [6.07, 6.45) is 0.978. The highest BCUT2D eigenvalue weighted by Gasteiger charge is 2.29. The average Bonchev–Trinajstić information content (AvgIpc) is 3.33. The number of hydrogen-bond acceptors (Lipinski definition) is 7. The molecular weight excluding hydrogens is 539 g/mol. The molecular formula is C25H17Cl3N6O3. The number of nitrogens with two attached hydrogens (primary N) is 1. The van der Waals surface area contributed by atoms with Crippen molar-refractivity contribution in [2.75, 3.05) is 5.73 Å². The van der Waals surface area contributed by atoms with Gasteiger partial charge in [-0.1, -0.05) is 53.0 Å². The van der Waals surface area contributed by atoms with Gasteiger partial charge >= 0.3 is 5.69 Å². The summed E-state index contributed by atoms with van der Waals surface area (Å²) in [5.74, 6) is -0.157. The highest BCUT2D eigenvalue weighted by atomic mass is 35.5. The summed E-state index contributed by atoms with van der Waals surface area (Å²) >= 11 is 19.6. The van der Waals surface area contributed by atoms with Crippen LogP contribution >= 0.6 is 34.8 Å². The van der Waals surface area contributed by atoms with Crippen LogP contribution in [0.1, 0.15) is 28.5 Å². The Morgan fingerprint density at radius 3 is 2.38 bits per heavy atom. The van der Waals surface area contributed by atoms with Gasteiger partial charge in [0.05, 0.1) is 11.6 Å². The van der Waals surface area contributed by atoms with Gasteiger partial charge in [0.1, 0.15) is 6.20 Å². The van der Waals surface area contributed by atoms with Crippen LogP contribution in [0.15, 0.2) is 74.8 Å². The van der Waals surface area contributed by atoms with Gasteiger partial charge in [0, 0.05) is 31.9 Å². The molecule has 186 valence electrons. The molecule has 0 aliphatic heterocycles. The number of aromatic nitrogens is 5. The molecule has 37 heavy (non-hydrogen) atoms. The summed E-state index contributed by atoms with van der Waals surface area (Å²) in [6.45, 7) is 1.87. The molecule has 0 saturated carbocycles.